The minimum Gasteiger partial charge on any atom is -0.494 e. The van der Waals surface area contributed by atoms with Gasteiger partial charge in [-0.25, -0.2) is 9.97 Å². The summed E-state index contributed by atoms with van der Waals surface area (Å²) < 4.78 is 7.39. The summed E-state index contributed by atoms with van der Waals surface area (Å²) in [7, 11) is 0. The highest BCUT2D eigenvalue weighted by Gasteiger charge is 2.18. The Balaban J connectivity index is 1.54. The van der Waals surface area contributed by atoms with E-state index in [1.54, 1.807) is 4.40 Å². The topological polar surface area (TPSA) is 79.9 Å². The van der Waals surface area contributed by atoms with E-state index < -0.39 is 0 Å². The number of nitrogens with zero attached hydrogens (tertiary/aromatic N) is 3. The van der Waals surface area contributed by atoms with E-state index in [1.165, 1.54) is 0 Å². The number of benzene rings is 3. The van der Waals surface area contributed by atoms with Crippen LogP contribution in [-0.2, 0) is 12.8 Å². The first-order chi connectivity index (χ1) is 17.2. The zero-order chi connectivity index (χ0) is 24.0. The van der Waals surface area contributed by atoms with Gasteiger partial charge < -0.3 is 14.9 Å². The van der Waals surface area contributed by atoms with Crippen LogP contribution in [0.5, 0.6) is 11.6 Å². The average Bonchev–Trinajstić information content (AvgIpc) is 3.21. The van der Waals surface area contributed by atoms with Gasteiger partial charge in [-0.3, -0.25) is 4.40 Å². The Morgan fingerprint density at radius 3 is 2.00 bits per heavy atom. The monoisotopic (exact) mass is 465 g/mol. The lowest BCUT2D eigenvalue weighted by atomic mass is 10.1. The Bertz CT molecular complexity index is 1400. The third kappa shape index (κ3) is 5.18. The minimum absolute atomic E-state index is 0.104. The van der Waals surface area contributed by atoms with Crippen LogP contribution in [-0.4, -0.2) is 37.8 Å². The molecule has 0 amide bonds. The Hall–Kier alpha value is -4.16. The summed E-state index contributed by atoms with van der Waals surface area (Å²) in [5.41, 5.74) is 5.94. The largest absolute Gasteiger partial charge is 0.494 e. The maximum atomic E-state index is 11.1. The number of fused-ring (bicyclic) bond motifs is 1. The Kier molecular flexibility index (Phi) is 6.73. The zero-order valence-electron chi connectivity index (χ0n) is 19.3. The SMILES string of the molecule is OCCCOc1ccc(-c2cn3c(O)c(Cc4ccccc4)nc3c(Cc3ccccc3)n2)cc1. The van der Waals surface area contributed by atoms with Crippen molar-refractivity contribution in [3.05, 3.63) is 114 Å². The number of hydrogen-bond acceptors (Lipinski definition) is 5. The van der Waals surface area contributed by atoms with Crippen molar-refractivity contribution in [3.8, 4) is 22.9 Å². The second kappa shape index (κ2) is 10.4. The van der Waals surface area contributed by atoms with Crippen LogP contribution < -0.4 is 4.74 Å². The van der Waals surface area contributed by atoms with Crippen molar-refractivity contribution in [2.45, 2.75) is 19.3 Å². The molecule has 0 spiro atoms. The van der Waals surface area contributed by atoms with Crippen molar-refractivity contribution in [3.63, 3.8) is 0 Å². The zero-order valence-corrected chi connectivity index (χ0v) is 19.3. The molecule has 5 aromatic rings. The number of aromatic hydroxyl groups is 1. The fourth-order valence-corrected chi connectivity index (χ4v) is 4.07. The second-order valence-corrected chi connectivity index (χ2v) is 8.42. The lowest BCUT2D eigenvalue weighted by Gasteiger charge is -2.10. The predicted octanol–water partition coefficient (Wildman–Crippen LogP) is 5.04. The van der Waals surface area contributed by atoms with E-state index in [0.717, 1.165) is 33.8 Å². The first-order valence-electron chi connectivity index (χ1n) is 11.7. The molecule has 0 aliphatic rings. The third-order valence-corrected chi connectivity index (χ3v) is 5.87. The molecule has 0 bridgehead atoms. The summed E-state index contributed by atoms with van der Waals surface area (Å²) in [4.78, 5) is 9.77. The Morgan fingerprint density at radius 2 is 1.37 bits per heavy atom. The molecule has 2 N–H and O–H groups in total. The molecule has 176 valence electrons. The van der Waals surface area contributed by atoms with E-state index in [4.69, 9.17) is 19.8 Å². The molecule has 0 aliphatic heterocycles. The molecule has 0 atom stereocenters. The van der Waals surface area contributed by atoms with Crippen LogP contribution in [0.1, 0.15) is 28.9 Å². The quantitative estimate of drug-likeness (QED) is 0.298. The molecular formula is C29H27N3O3. The van der Waals surface area contributed by atoms with Crippen LogP contribution in [0.15, 0.2) is 91.1 Å². The summed E-state index contributed by atoms with van der Waals surface area (Å²) in [6.07, 6.45) is 3.56. The summed E-state index contributed by atoms with van der Waals surface area (Å²) >= 11 is 0. The van der Waals surface area contributed by atoms with Crippen LogP contribution in [0, 0.1) is 0 Å². The number of aliphatic hydroxyl groups is 1. The van der Waals surface area contributed by atoms with Crippen molar-refractivity contribution in [2.24, 2.45) is 0 Å². The summed E-state index contributed by atoms with van der Waals surface area (Å²) in [6, 6.07) is 27.8. The van der Waals surface area contributed by atoms with Crippen LogP contribution >= 0.6 is 0 Å². The fraction of sp³-hybridized carbons (Fsp3) is 0.172. The molecule has 2 aromatic heterocycles. The Labute approximate surface area is 204 Å². The highest BCUT2D eigenvalue weighted by atomic mass is 16.5. The molecular weight excluding hydrogens is 438 g/mol. The number of aromatic nitrogens is 3. The van der Waals surface area contributed by atoms with Gasteiger partial charge in [-0.2, -0.15) is 0 Å². The standard InChI is InChI=1S/C29H27N3O3/c33-16-7-17-35-24-14-12-23(13-15-24)27-20-32-28(25(30-27)18-21-8-3-1-4-9-21)31-26(29(32)34)19-22-10-5-2-6-11-22/h1-6,8-15,20,33-34H,7,16-19H2. The van der Waals surface area contributed by atoms with Gasteiger partial charge >= 0.3 is 0 Å². The summed E-state index contributed by atoms with van der Waals surface area (Å²) in [5.74, 6) is 0.870. The number of hydrogen-bond donors (Lipinski definition) is 2. The van der Waals surface area contributed by atoms with Crippen molar-refractivity contribution >= 4 is 5.65 Å². The van der Waals surface area contributed by atoms with Gasteiger partial charge in [0.15, 0.2) is 5.65 Å². The van der Waals surface area contributed by atoms with Crippen LogP contribution in [0.2, 0.25) is 0 Å². The van der Waals surface area contributed by atoms with Crippen LogP contribution in [0.3, 0.4) is 0 Å². The van der Waals surface area contributed by atoms with E-state index in [-0.39, 0.29) is 12.5 Å². The highest BCUT2D eigenvalue weighted by molar-refractivity contribution is 5.64. The van der Waals surface area contributed by atoms with E-state index in [1.807, 2.05) is 79.0 Å². The third-order valence-electron chi connectivity index (χ3n) is 5.87. The van der Waals surface area contributed by atoms with Gasteiger partial charge in [-0.05, 0) is 35.4 Å². The molecule has 35 heavy (non-hydrogen) atoms. The maximum Gasteiger partial charge on any atom is 0.219 e. The molecule has 0 saturated carbocycles. The predicted molar refractivity (Wildman–Crippen MR) is 136 cm³/mol. The van der Waals surface area contributed by atoms with Crippen molar-refractivity contribution in [1.29, 1.82) is 0 Å². The van der Waals surface area contributed by atoms with Gasteiger partial charge in [0.05, 0.1) is 18.0 Å². The Morgan fingerprint density at radius 1 is 0.743 bits per heavy atom. The molecule has 3 aromatic carbocycles. The van der Waals surface area contributed by atoms with Gasteiger partial charge in [-0.1, -0.05) is 60.7 Å². The molecule has 0 fully saturated rings. The van der Waals surface area contributed by atoms with Crippen LogP contribution in [0.25, 0.3) is 16.9 Å². The van der Waals surface area contributed by atoms with Crippen LogP contribution in [0.4, 0.5) is 0 Å². The molecule has 6 heteroatoms. The van der Waals surface area contributed by atoms with E-state index in [0.29, 0.717) is 37.2 Å². The maximum absolute atomic E-state index is 11.1. The number of imidazole rings is 1. The van der Waals surface area contributed by atoms with Crippen molar-refractivity contribution in [1.82, 2.24) is 14.4 Å². The van der Waals surface area contributed by atoms with Gasteiger partial charge in [0.1, 0.15) is 11.4 Å². The highest BCUT2D eigenvalue weighted by Crippen LogP contribution is 2.29. The molecule has 6 nitrogen and oxygen atoms in total. The average molecular weight is 466 g/mol. The van der Waals surface area contributed by atoms with E-state index in [9.17, 15) is 5.11 Å². The van der Waals surface area contributed by atoms with Gasteiger partial charge in [0.2, 0.25) is 5.88 Å². The molecule has 0 saturated heterocycles. The summed E-state index contributed by atoms with van der Waals surface area (Å²) in [5, 5.41) is 20.1. The van der Waals surface area contributed by atoms with Gasteiger partial charge in [0.25, 0.3) is 0 Å². The molecule has 2 heterocycles. The number of rotatable bonds is 9. The fourth-order valence-electron chi connectivity index (χ4n) is 4.07. The van der Waals surface area contributed by atoms with E-state index >= 15 is 0 Å². The second-order valence-electron chi connectivity index (χ2n) is 8.42. The molecule has 5 rings (SSSR count). The molecule has 0 aliphatic carbocycles. The number of ether oxygens (including phenoxy) is 1. The lowest BCUT2D eigenvalue weighted by molar-refractivity contribution is 0.233. The minimum atomic E-state index is 0.104. The van der Waals surface area contributed by atoms with Gasteiger partial charge in [0, 0.05) is 37.6 Å². The summed E-state index contributed by atoms with van der Waals surface area (Å²) in [6.45, 7) is 0.571. The van der Waals surface area contributed by atoms with Crippen molar-refractivity contribution < 1.29 is 14.9 Å². The molecule has 0 unspecified atom stereocenters. The normalized spacial score (nSPS) is 11.1. The number of aliphatic hydroxyl groups excluding tert-OH is 1. The van der Waals surface area contributed by atoms with Gasteiger partial charge in [-0.15, -0.1) is 0 Å². The van der Waals surface area contributed by atoms with Crippen molar-refractivity contribution in [2.75, 3.05) is 13.2 Å². The smallest absolute Gasteiger partial charge is 0.219 e. The molecule has 0 radical (unpaired) electrons. The first-order valence-corrected chi connectivity index (χ1v) is 11.7. The van der Waals surface area contributed by atoms with E-state index in [2.05, 4.69) is 12.1 Å². The lowest BCUT2D eigenvalue weighted by Crippen LogP contribution is -2.01. The first kappa shape index (κ1) is 22.6.